The van der Waals surface area contributed by atoms with Gasteiger partial charge in [-0.25, -0.2) is 8.78 Å². The van der Waals surface area contributed by atoms with Crippen molar-refractivity contribution in [2.75, 3.05) is 13.1 Å². The van der Waals surface area contributed by atoms with Crippen LogP contribution in [-0.4, -0.2) is 41.9 Å². The molecular weight excluding hydrogens is 216 g/mol. The zero-order valence-electron chi connectivity index (χ0n) is 9.41. The molecule has 1 aliphatic rings. The molecule has 0 radical (unpaired) electrons. The van der Waals surface area contributed by atoms with Crippen LogP contribution in [0.3, 0.4) is 0 Å². The summed E-state index contributed by atoms with van der Waals surface area (Å²) in [4.78, 5) is 0. The van der Waals surface area contributed by atoms with E-state index < -0.39 is 18.6 Å². The van der Waals surface area contributed by atoms with Crippen molar-refractivity contribution in [2.24, 2.45) is 5.92 Å². The molecule has 5 heteroatoms. The first-order valence-corrected chi connectivity index (χ1v) is 5.94. The third-order valence-corrected chi connectivity index (χ3v) is 3.10. The average molecular weight is 237 g/mol. The first-order chi connectivity index (χ1) is 7.59. The summed E-state index contributed by atoms with van der Waals surface area (Å²) in [6, 6.07) is 0. The molecule has 2 unspecified atom stereocenters. The molecule has 0 saturated heterocycles. The lowest BCUT2D eigenvalue weighted by molar-refractivity contribution is -0.00491. The van der Waals surface area contributed by atoms with Gasteiger partial charge < -0.3 is 15.5 Å². The van der Waals surface area contributed by atoms with Crippen LogP contribution < -0.4 is 5.32 Å². The highest BCUT2D eigenvalue weighted by molar-refractivity contribution is 4.73. The zero-order chi connectivity index (χ0) is 12.0. The Hall–Kier alpha value is -0.260. The normalized spacial score (nSPS) is 21.6. The van der Waals surface area contributed by atoms with Crippen molar-refractivity contribution in [3.63, 3.8) is 0 Å². The lowest BCUT2D eigenvalue weighted by Gasteiger charge is -2.17. The summed E-state index contributed by atoms with van der Waals surface area (Å²) in [5.41, 5.74) is 0. The predicted octanol–water partition coefficient (Wildman–Crippen LogP) is 1.14. The topological polar surface area (TPSA) is 52.5 Å². The van der Waals surface area contributed by atoms with Crippen molar-refractivity contribution in [1.82, 2.24) is 5.32 Å². The number of rotatable bonds is 7. The van der Waals surface area contributed by atoms with Gasteiger partial charge in [0.25, 0.3) is 6.43 Å². The lowest BCUT2D eigenvalue weighted by Crippen LogP contribution is -2.36. The Morgan fingerprint density at radius 2 is 1.75 bits per heavy atom. The number of alkyl halides is 2. The minimum Gasteiger partial charge on any atom is -0.392 e. The van der Waals surface area contributed by atoms with E-state index in [1.807, 2.05) is 0 Å². The predicted molar refractivity (Wildman–Crippen MR) is 57.5 cm³/mol. The smallest absolute Gasteiger partial charge is 0.265 e. The molecule has 3 nitrogen and oxygen atoms in total. The maximum Gasteiger partial charge on any atom is 0.265 e. The molecule has 1 saturated carbocycles. The van der Waals surface area contributed by atoms with Gasteiger partial charge in [-0.15, -0.1) is 0 Å². The number of hydrogen-bond donors (Lipinski definition) is 3. The molecule has 0 spiro atoms. The van der Waals surface area contributed by atoms with E-state index in [1.54, 1.807) is 0 Å². The van der Waals surface area contributed by atoms with E-state index in [0.29, 0.717) is 5.92 Å². The molecule has 1 rings (SSSR count). The Labute approximate surface area is 94.9 Å². The molecule has 96 valence electrons. The van der Waals surface area contributed by atoms with Crippen LogP contribution in [0.4, 0.5) is 8.78 Å². The summed E-state index contributed by atoms with van der Waals surface area (Å²) >= 11 is 0. The molecule has 1 fully saturated rings. The first-order valence-electron chi connectivity index (χ1n) is 5.94. The molecule has 2 atom stereocenters. The van der Waals surface area contributed by atoms with Gasteiger partial charge in [0.15, 0.2) is 0 Å². The fourth-order valence-corrected chi connectivity index (χ4v) is 2.20. The molecule has 1 aliphatic carbocycles. The summed E-state index contributed by atoms with van der Waals surface area (Å²) in [5.74, 6) is 0.580. The summed E-state index contributed by atoms with van der Waals surface area (Å²) in [6.45, 7) is 0.111. The molecule has 0 bridgehead atoms. The minimum atomic E-state index is -2.72. The van der Waals surface area contributed by atoms with E-state index >= 15 is 0 Å². The highest BCUT2D eigenvalue weighted by Crippen LogP contribution is 2.28. The van der Waals surface area contributed by atoms with Crippen molar-refractivity contribution < 1.29 is 19.0 Å². The van der Waals surface area contributed by atoms with Crippen LogP contribution in [0.2, 0.25) is 0 Å². The van der Waals surface area contributed by atoms with Gasteiger partial charge in [0, 0.05) is 13.1 Å². The van der Waals surface area contributed by atoms with Gasteiger partial charge in [0.2, 0.25) is 0 Å². The van der Waals surface area contributed by atoms with Gasteiger partial charge in [0.1, 0.15) is 6.10 Å². The first kappa shape index (κ1) is 13.8. The molecule has 3 N–H and O–H groups in total. The van der Waals surface area contributed by atoms with Gasteiger partial charge in [-0.2, -0.15) is 0 Å². The summed E-state index contributed by atoms with van der Waals surface area (Å²) in [7, 11) is 0. The standard InChI is InChI=1S/C11H21F2NO2/c12-11(13)10(16)7-14-6-9(15)5-8-3-1-2-4-8/h8-11,14-16H,1-7H2. The van der Waals surface area contributed by atoms with Gasteiger partial charge in [-0.3, -0.25) is 0 Å². The second kappa shape index (κ2) is 7.14. The summed E-state index contributed by atoms with van der Waals surface area (Å²) in [6.07, 6.45) is 0.667. The van der Waals surface area contributed by atoms with Crippen LogP contribution in [-0.2, 0) is 0 Å². The molecule has 0 amide bonds. The number of halogens is 2. The van der Waals surface area contributed by atoms with Gasteiger partial charge in [0.05, 0.1) is 6.10 Å². The fourth-order valence-electron chi connectivity index (χ4n) is 2.20. The van der Waals surface area contributed by atoms with Crippen LogP contribution in [0.5, 0.6) is 0 Å². The highest BCUT2D eigenvalue weighted by Gasteiger charge is 2.20. The van der Waals surface area contributed by atoms with E-state index in [0.717, 1.165) is 19.3 Å². The monoisotopic (exact) mass is 237 g/mol. The van der Waals surface area contributed by atoms with E-state index in [2.05, 4.69) is 5.32 Å². The number of aliphatic hydroxyl groups is 2. The Kier molecular flexibility index (Phi) is 6.16. The van der Waals surface area contributed by atoms with E-state index in [4.69, 9.17) is 5.11 Å². The van der Waals surface area contributed by atoms with Crippen LogP contribution in [0.1, 0.15) is 32.1 Å². The van der Waals surface area contributed by atoms with E-state index in [1.165, 1.54) is 12.8 Å². The zero-order valence-corrected chi connectivity index (χ0v) is 9.41. The molecule has 0 aromatic heterocycles. The SMILES string of the molecule is OC(CNCC(O)C(F)F)CC1CCCC1. The van der Waals surface area contributed by atoms with Gasteiger partial charge in [-0.1, -0.05) is 25.7 Å². The van der Waals surface area contributed by atoms with Crippen LogP contribution in [0.15, 0.2) is 0 Å². The van der Waals surface area contributed by atoms with Crippen molar-refractivity contribution in [3.05, 3.63) is 0 Å². The Morgan fingerprint density at radius 1 is 1.12 bits per heavy atom. The molecule has 0 aliphatic heterocycles. The second-order valence-electron chi connectivity index (χ2n) is 4.60. The largest absolute Gasteiger partial charge is 0.392 e. The van der Waals surface area contributed by atoms with Gasteiger partial charge in [-0.05, 0) is 12.3 Å². The summed E-state index contributed by atoms with van der Waals surface area (Å²) < 4.78 is 23.9. The Morgan fingerprint density at radius 3 is 2.31 bits per heavy atom. The third kappa shape index (κ3) is 5.18. The van der Waals surface area contributed by atoms with Crippen LogP contribution in [0, 0.1) is 5.92 Å². The molecule has 16 heavy (non-hydrogen) atoms. The Balaban J connectivity index is 2.03. The maximum absolute atomic E-state index is 11.9. The minimum absolute atomic E-state index is 0.167. The van der Waals surface area contributed by atoms with Crippen molar-refractivity contribution in [3.8, 4) is 0 Å². The van der Waals surface area contributed by atoms with Gasteiger partial charge >= 0.3 is 0 Å². The molecule has 0 heterocycles. The molecular formula is C11H21F2NO2. The molecule has 0 aromatic rings. The average Bonchev–Trinajstić information content (AvgIpc) is 2.70. The second-order valence-corrected chi connectivity index (χ2v) is 4.60. The Bertz CT molecular complexity index is 187. The number of aliphatic hydroxyl groups excluding tert-OH is 2. The van der Waals surface area contributed by atoms with E-state index in [-0.39, 0.29) is 13.1 Å². The van der Waals surface area contributed by atoms with Crippen molar-refractivity contribution in [1.29, 1.82) is 0 Å². The lowest BCUT2D eigenvalue weighted by atomic mass is 10.00. The number of nitrogens with one attached hydrogen (secondary N) is 1. The van der Waals surface area contributed by atoms with Crippen LogP contribution in [0.25, 0.3) is 0 Å². The van der Waals surface area contributed by atoms with Crippen LogP contribution >= 0.6 is 0 Å². The maximum atomic E-state index is 11.9. The fraction of sp³-hybridized carbons (Fsp3) is 1.00. The molecule has 0 aromatic carbocycles. The third-order valence-electron chi connectivity index (χ3n) is 3.10. The van der Waals surface area contributed by atoms with Crippen molar-refractivity contribution >= 4 is 0 Å². The number of hydrogen-bond acceptors (Lipinski definition) is 3. The highest BCUT2D eigenvalue weighted by atomic mass is 19.3. The summed E-state index contributed by atoms with van der Waals surface area (Å²) in [5, 5.41) is 21.1. The van der Waals surface area contributed by atoms with E-state index in [9.17, 15) is 13.9 Å². The quantitative estimate of drug-likeness (QED) is 0.622. The van der Waals surface area contributed by atoms with Crippen molar-refractivity contribution in [2.45, 2.75) is 50.7 Å².